The topological polar surface area (TPSA) is 95.5 Å². The minimum absolute atomic E-state index is 0.135. The van der Waals surface area contributed by atoms with E-state index in [2.05, 4.69) is 10.6 Å². The summed E-state index contributed by atoms with van der Waals surface area (Å²) in [4.78, 5) is 34.8. The number of nitrogens with one attached hydrogen (secondary N) is 2. The minimum atomic E-state index is -1.14. The standard InChI is InChI=1S/C16H21FN2O4/c1-9(2)14(16(22)23)19-15(21)13(18-10(3)20)8-11-4-6-12(17)7-5-11/h4-7,9,13-14H,8H2,1-3H3,(H,18,20)(H,19,21)(H,22,23)/t13-,14-/m1/s1. The lowest BCUT2D eigenvalue weighted by Crippen LogP contribution is -2.53. The summed E-state index contributed by atoms with van der Waals surface area (Å²) >= 11 is 0. The van der Waals surface area contributed by atoms with Gasteiger partial charge in [-0.1, -0.05) is 26.0 Å². The lowest BCUT2D eigenvalue weighted by molar-refractivity contribution is -0.143. The molecule has 0 saturated carbocycles. The highest BCUT2D eigenvalue weighted by atomic mass is 19.1. The van der Waals surface area contributed by atoms with Crippen LogP contribution in [0.4, 0.5) is 4.39 Å². The monoisotopic (exact) mass is 324 g/mol. The van der Waals surface area contributed by atoms with Gasteiger partial charge < -0.3 is 15.7 Å². The van der Waals surface area contributed by atoms with Crippen LogP contribution in [0.1, 0.15) is 26.3 Å². The van der Waals surface area contributed by atoms with Crippen molar-refractivity contribution in [3.05, 3.63) is 35.6 Å². The van der Waals surface area contributed by atoms with Crippen molar-refractivity contribution >= 4 is 17.8 Å². The van der Waals surface area contributed by atoms with Gasteiger partial charge in [-0.3, -0.25) is 9.59 Å². The predicted molar refractivity (Wildman–Crippen MR) is 82.1 cm³/mol. The van der Waals surface area contributed by atoms with Gasteiger partial charge in [0.25, 0.3) is 0 Å². The molecule has 1 rings (SSSR count). The predicted octanol–water partition coefficient (Wildman–Crippen LogP) is 1.10. The number of carboxylic acid groups (broad SMARTS) is 1. The van der Waals surface area contributed by atoms with Crippen LogP contribution >= 0.6 is 0 Å². The van der Waals surface area contributed by atoms with Gasteiger partial charge in [-0.15, -0.1) is 0 Å². The number of carbonyl (C=O) groups excluding carboxylic acids is 2. The summed E-state index contributed by atoms with van der Waals surface area (Å²) in [5.41, 5.74) is 0.650. The molecule has 1 aromatic carbocycles. The summed E-state index contributed by atoms with van der Waals surface area (Å²) in [6, 6.07) is 3.55. The van der Waals surface area contributed by atoms with E-state index in [1.807, 2.05) is 0 Å². The molecule has 0 aliphatic rings. The third-order valence-corrected chi connectivity index (χ3v) is 3.28. The van der Waals surface area contributed by atoms with Crippen molar-refractivity contribution in [2.75, 3.05) is 0 Å². The van der Waals surface area contributed by atoms with Crippen LogP contribution in [0.25, 0.3) is 0 Å². The van der Waals surface area contributed by atoms with E-state index < -0.39 is 35.7 Å². The number of carboxylic acids is 1. The maximum Gasteiger partial charge on any atom is 0.326 e. The zero-order chi connectivity index (χ0) is 17.6. The van der Waals surface area contributed by atoms with E-state index in [0.29, 0.717) is 5.56 Å². The van der Waals surface area contributed by atoms with Crippen LogP contribution < -0.4 is 10.6 Å². The first kappa shape index (κ1) is 18.6. The highest BCUT2D eigenvalue weighted by Crippen LogP contribution is 2.08. The molecule has 0 aliphatic heterocycles. The Balaban J connectivity index is 2.87. The van der Waals surface area contributed by atoms with Crippen LogP contribution in [0.15, 0.2) is 24.3 Å². The molecule has 0 saturated heterocycles. The molecule has 0 aliphatic carbocycles. The molecule has 3 N–H and O–H groups in total. The van der Waals surface area contributed by atoms with Crippen molar-refractivity contribution in [1.82, 2.24) is 10.6 Å². The Labute approximate surface area is 134 Å². The molecule has 1 aromatic rings. The van der Waals surface area contributed by atoms with Crippen molar-refractivity contribution in [2.45, 2.75) is 39.3 Å². The summed E-state index contributed by atoms with van der Waals surface area (Å²) in [5, 5.41) is 14.0. The third kappa shape index (κ3) is 6.06. The molecule has 0 unspecified atom stereocenters. The molecule has 0 bridgehead atoms. The maximum absolute atomic E-state index is 12.9. The van der Waals surface area contributed by atoms with Crippen LogP contribution in [0.5, 0.6) is 0 Å². The first-order chi connectivity index (χ1) is 10.7. The Morgan fingerprint density at radius 2 is 1.70 bits per heavy atom. The SMILES string of the molecule is CC(=O)N[C@H](Cc1ccc(F)cc1)C(=O)N[C@@H](C(=O)O)C(C)C. The van der Waals surface area contributed by atoms with Crippen LogP contribution in [-0.4, -0.2) is 35.0 Å². The van der Waals surface area contributed by atoms with E-state index in [-0.39, 0.29) is 12.3 Å². The molecule has 0 fully saturated rings. The van der Waals surface area contributed by atoms with E-state index in [1.165, 1.54) is 31.2 Å². The number of halogens is 1. The number of carbonyl (C=O) groups is 3. The molecular weight excluding hydrogens is 303 g/mol. The molecule has 126 valence electrons. The van der Waals surface area contributed by atoms with E-state index >= 15 is 0 Å². The summed E-state index contributed by atoms with van der Waals surface area (Å²) in [6.07, 6.45) is 0.135. The fraction of sp³-hybridized carbons (Fsp3) is 0.438. The van der Waals surface area contributed by atoms with Crippen LogP contribution in [0, 0.1) is 11.7 Å². The summed E-state index contributed by atoms with van der Waals surface area (Å²) in [6.45, 7) is 4.61. The molecular formula is C16H21FN2O4. The van der Waals surface area contributed by atoms with Gasteiger partial charge in [0.2, 0.25) is 11.8 Å². The number of aliphatic carboxylic acids is 1. The third-order valence-electron chi connectivity index (χ3n) is 3.28. The quantitative estimate of drug-likeness (QED) is 0.700. The molecule has 0 aromatic heterocycles. The van der Waals surface area contributed by atoms with Crippen molar-refractivity contribution in [2.24, 2.45) is 5.92 Å². The first-order valence-corrected chi connectivity index (χ1v) is 7.25. The Hall–Kier alpha value is -2.44. The smallest absolute Gasteiger partial charge is 0.326 e. The van der Waals surface area contributed by atoms with Gasteiger partial charge >= 0.3 is 5.97 Å². The highest BCUT2D eigenvalue weighted by Gasteiger charge is 2.28. The van der Waals surface area contributed by atoms with E-state index in [9.17, 15) is 18.8 Å². The molecule has 7 heteroatoms. The number of benzene rings is 1. The van der Waals surface area contributed by atoms with Crippen molar-refractivity contribution < 1.29 is 23.9 Å². The van der Waals surface area contributed by atoms with Crippen molar-refractivity contribution in [1.29, 1.82) is 0 Å². The van der Waals surface area contributed by atoms with Gasteiger partial charge in [0.15, 0.2) is 0 Å². The Morgan fingerprint density at radius 3 is 2.13 bits per heavy atom. The van der Waals surface area contributed by atoms with Gasteiger partial charge in [-0.2, -0.15) is 0 Å². The summed E-state index contributed by atoms with van der Waals surface area (Å²) in [5.74, 6) is -2.86. The van der Waals surface area contributed by atoms with Gasteiger partial charge in [-0.25, -0.2) is 9.18 Å². The van der Waals surface area contributed by atoms with Crippen LogP contribution in [0.2, 0.25) is 0 Å². The average Bonchev–Trinajstić information content (AvgIpc) is 2.44. The Kier molecular flexibility index (Phi) is 6.68. The molecule has 0 radical (unpaired) electrons. The largest absolute Gasteiger partial charge is 0.480 e. The number of hydrogen-bond acceptors (Lipinski definition) is 3. The summed E-state index contributed by atoms with van der Waals surface area (Å²) < 4.78 is 12.9. The normalized spacial score (nSPS) is 13.3. The fourth-order valence-electron chi connectivity index (χ4n) is 2.08. The van der Waals surface area contributed by atoms with Gasteiger partial charge in [0.1, 0.15) is 17.9 Å². The lowest BCUT2D eigenvalue weighted by atomic mass is 10.0. The second-order valence-electron chi connectivity index (χ2n) is 5.65. The zero-order valence-corrected chi connectivity index (χ0v) is 13.3. The molecule has 0 spiro atoms. The van der Waals surface area contributed by atoms with E-state index in [0.717, 1.165) is 0 Å². The average molecular weight is 324 g/mol. The Morgan fingerprint density at radius 1 is 1.13 bits per heavy atom. The number of amides is 2. The van der Waals surface area contributed by atoms with Crippen molar-refractivity contribution in [3.63, 3.8) is 0 Å². The van der Waals surface area contributed by atoms with Crippen LogP contribution in [-0.2, 0) is 20.8 Å². The first-order valence-electron chi connectivity index (χ1n) is 7.25. The fourth-order valence-corrected chi connectivity index (χ4v) is 2.08. The second-order valence-corrected chi connectivity index (χ2v) is 5.65. The molecule has 2 amide bonds. The van der Waals surface area contributed by atoms with E-state index in [1.54, 1.807) is 13.8 Å². The van der Waals surface area contributed by atoms with Crippen LogP contribution in [0.3, 0.4) is 0 Å². The van der Waals surface area contributed by atoms with Gasteiger partial charge in [-0.05, 0) is 23.6 Å². The molecule has 6 nitrogen and oxygen atoms in total. The zero-order valence-electron chi connectivity index (χ0n) is 13.3. The molecule has 2 atom stereocenters. The second kappa shape index (κ2) is 8.26. The molecule has 23 heavy (non-hydrogen) atoms. The lowest BCUT2D eigenvalue weighted by Gasteiger charge is -2.23. The van der Waals surface area contributed by atoms with E-state index in [4.69, 9.17) is 5.11 Å². The Bertz CT molecular complexity index is 572. The molecule has 0 heterocycles. The summed E-state index contributed by atoms with van der Waals surface area (Å²) in [7, 11) is 0. The highest BCUT2D eigenvalue weighted by molar-refractivity contribution is 5.90. The number of rotatable bonds is 7. The minimum Gasteiger partial charge on any atom is -0.480 e. The maximum atomic E-state index is 12.9. The van der Waals surface area contributed by atoms with Gasteiger partial charge in [0.05, 0.1) is 0 Å². The van der Waals surface area contributed by atoms with Gasteiger partial charge in [0, 0.05) is 13.3 Å². The number of hydrogen-bond donors (Lipinski definition) is 3. The van der Waals surface area contributed by atoms with Crippen molar-refractivity contribution in [3.8, 4) is 0 Å².